The van der Waals surface area contributed by atoms with Crippen LogP contribution in [0, 0.1) is 0 Å². The summed E-state index contributed by atoms with van der Waals surface area (Å²) in [6.45, 7) is 2.71. The number of ether oxygens (including phenoxy) is 1. The van der Waals surface area contributed by atoms with Crippen molar-refractivity contribution in [1.82, 2.24) is 10.3 Å². The average molecular weight is 483 g/mol. The molecule has 34 heavy (non-hydrogen) atoms. The van der Waals surface area contributed by atoms with E-state index in [1.54, 1.807) is 24.4 Å². The number of hydrogen-bond donors (Lipinski definition) is 1. The van der Waals surface area contributed by atoms with E-state index in [2.05, 4.69) is 14.8 Å². The zero-order chi connectivity index (χ0) is 24.0. The number of rotatable bonds is 8. The van der Waals surface area contributed by atoms with Crippen LogP contribution in [0.5, 0.6) is 5.75 Å². The minimum absolute atomic E-state index is 0.0668. The quantitative estimate of drug-likeness (QED) is 0.457. The van der Waals surface area contributed by atoms with Gasteiger partial charge in [0.15, 0.2) is 5.84 Å². The number of hydrogen-bond acceptors (Lipinski definition) is 6. The molecule has 2 aliphatic rings. The van der Waals surface area contributed by atoms with Crippen LogP contribution in [0.4, 0.5) is 0 Å². The predicted molar refractivity (Wildman–Crippen MR) is 132 cm³/mol. The van der Waals surface area contributed by atoms with E-state index in [9.17, 15) is 13.2 Å². The number of amides is 1. The number of nitrogens with one attached hydrogen (secondary N) is 1. The fourth-order valence-corrected chi connectivity index (χ4v) is 5.41. The molecule has 8 nitrogen and oxygen atoms in total. The molecule has 180 valence electrons. The van der Waals surface area contributed by atoms with Gasteiger partial charge in [-0.25, -0.2) is 5.01 Å². The largest absolute Gasteiger partial charge is 0.494 e. The van der Waals surface area contributed by atoms with Crippen molar-refractivity contribution in [3.8, 4) is 5.75 Å². The third-order valence-electron chi connectivity index (χ3n) is 5.92. The maximum Gasteiger partial charge on any atom is 0.285 e. The average Bonchev–Trinajstić information content (AvgIpc) is 3.12. The van der Waals surface area contributed by atoms with E-state index in [0.717, 1.165) is 37.0 Å². The molecule has 0 spiro atoms. The molecule has 0 aromatic heterocycles. The molecular formula is C25H30N4O4S. The second-order valence-corrected chi connectivity index (χ2v) is 9.98. The molecule has 0 atom stereocenters. The lowest BCUT2D eigenvalue weighted by Crippen LogP contribution is -2.38. The lowest BCUT2D eigenvalue weighted by molar-refractivity contribution is -0.122. The predicted octanol–water partition coefficient (Wildman–Crippen LogP) is 3.71. The van der Waals surface area contributed by atoms with Gasteiger partial charge in [-0.05, 0) is 61.7 Å². The first-order chi connectivity index (χ1) is 16.5. The molecule has 9 heteroatoms. The van der Waals surface area contributed by atoms with Crippen molar-refractivity contribution in [3.63, 3.8) is 0 Å². The van der Waals surface area contributed by atoms with Crippen molar-refractivity contribution < 1.29 is 17.9 Å². The van der Waals surface area contributed by atoms with E-state index in [-0.39, 0.29) is 35.6 Å². The number of fused-ring (bicyclic) bond motifs is 1. The van der Waals surface area contributed by atoms with Crippen molar-refractivity contribution in [2.75, 3.05) is 13.2 Å². The zero-order valence-corrected chi connectivity index (χ0v) is 20.1. The zero-order valence-electron chi connectivity index (χ0n) is 19.3. The van der Waals surface area contributed by atoms with E-state index in [1.807, 2.05) is 31.2 Å². The standard InChI is InChI=1S/C25H30N4O4S/c1-2-33-21-14-12-19(13-15-21)18-26-29(17-16-24(30)27-20-8-4-3-5-9-20)25-22-10-6-7-11-23(22)34(31,32)28-25/h6-7,10-15,18,20H,2-5,8-9,16-17H2,1H3,(H,27,30)/b26-18+. The Morgan fingerprint density at radius 1 is 1.15 bits per heavy atom. The Hall–Kier alpha value is -3.20. The number of amidine groups is 1. The highest BCUT2D eigenvalue weighted by atomic mass is 32.2. The van der Waals surface area contributed by atoms with Crippen molar-refractivity contribution in [3.05, 3.63) is 59.7 Å². The van der Waals surface area contributed by atoms with Gasteiger partial charge in [0, 0.05) is 18.0 Å². The molecule has 1 N–H and O–H groups in total. The van der Waals surface area contributed by atoms with Crippen LogP contribution >= 0.6 is 0 Å². The Kier molecular flexibility index (Phi) is 7.62. The number of carbonyl (C=O) groups excluding carboxylic acids is 1. The Balaban J connectivity index is 1.53. The van der Waals surface area contributed by atoms with Gasteiger partial charge in [-0.2, -0.15) is 13.5 Å². The van der Waals surface area contributed by atoms with Crippen LogP contribution in [0.15, 0.2) is 62.9 Å². The van der Waals surface area contributed by atoms with E-state index in [4.69, 9.17) is 4.74 Å². The lowest BCUT2D eigenvalue weighted by Gasteiger charge is -2.24. The molecular weight excluding hydrogens is 452 g/mol. The summed E-state index contributed by atoms with van der Waals surface area (Å²) in [6.07, 6.45) is 7.30. The van der Waals surface area contributed by atoms with Gasteiger partial charge in [-0.15, -0.1) is 4.40 Å². The molecule has 0 bridgehead atoms. The normalized spacial score (nSPS) is 17.3. The Labute approximate surface area is 200 Å². The van der Waals surface area contributed by atoms with Crippen molar-refractivity contribution in [2.45, 2.75) is 56.4 Å². The van der Waals surface area contributed by atoms with E-state index >= 15 is 0 Å². The summed E-state index contributed by atoms with van der Waals surface area (Å²) in [7, 11) is -3.80. The minimum Gasteiger partial charge on any atom is -0.494 e. The summed E-state index contributed by atoms with van der Waals surface area (Å²) in [5.41, 5.74) is 1.30. The Morgan fingerprint density at radius 3 is 2.62 bits per heavy atom. The summed E-state index contributed by atoms with van der Waals surface area (Å²) in [5, 5.41) is 9.13. The SMILES string of the molecule is CCOc1ccc(/C=N/N(CCC(=O)NC2CCCCC2)C2=NS(=O)(=O)c3ccccc32)cc1. The monoisotopic (exact) mass is 482 g/mol. The summed E-state index contributed by atoms with van der Waals surface area (Å²) in [4.78, 5) is 12.8. The molecule has 1 aliphatic carbocycles. The number of nitrogens with zero attached hydrogens (tertiary/aromatic N) is 3. The second-order valence-electron chi connectivity index (χ2n) is 8.41. The highest BCUT2D eigenvalue weighted by molar-refractivity contribution is 7.90. The molecule has 0 unspecified atom stereocenters. The smallest absolute Gasteiger partial charge is 0.285 e. The first-order valence-electron chi connectivity index (χ1n) is 11.7. The highest BCUT2D eigenvalue weighted by Crippen LogP contribution is 2.28. The molecule has 1 aliphatic heterocycles. The van der Waals surface area contributed by atoms with Crippen molar-refractivity contribution >= 4 is 28.0 Å². The minimum atomic E-state index is -3.80. The summed E-state index contributed by atoms with van der Waals surface area (Å²) in [5.74, 6) is 0.919. The van der Waals surface area contributed by atoms with Crippen LogP contribution in [0.1, 0.15) is 56.6 Å². The van der Waals surface area contributed by atoms with Crippen LogP contribution in [0.3, 0.4) is 0 Å². The van der Waals surface area contributed by atoms with Gasteiger partial charge in [0.25, 0.3) is 10.0 Å². The number of benzene rings is 2. The third-order valence-corrected chi connectivity index (χ3v) is 7.24. The summed E-state index contributed by atoms with van der Waals surface area (Å²) >= 11 is 0. The van der Waals surface area contributed by atoms with Crippen LogP contribution in [-0.4, -0.2) is 50.6 Å². The van der Waals surface area contributed by atoms with Gasteiger partial charge < -0.3 is 10.1 Å². The van der Waals surface area contributed by atoms with E-state index in [0.29, 0.717) is 12.2 Å². The number of hydrazone groups is 1. The summed E-state index contributed by atoms with van der Waals surface area (Å²) < 4.78 is 34.6. The van der Waals surface area contributed by atoms with Crippen molar-refractivity contribution in [1.29, 1.82) is 0 Å². The molecule has 0 radical (unpaired) electrons. The van der Waals surface area contributed by atoms with E-state index in [1.165, 1.54) is 17.5 Å². The van der Waals surface area contributed by atoms with Gasteiger partial charge in [-0.3, -0.25) is 4.79 Å². The van der Waals surface area contributed by atoms with Crippen LogP contribution in [0.2, 0.25) is 0 Å². The lowest BCUT2D eigenvalue weighted by atomic mass is 9.95. The molecule has 2 aromatic carbocycles. The van der Waals surface area contributed by atoms with Crippen molar-refractivity contribution in [2.24, 2.45) is 9.50 Å². The Morgan fingerprint density at radius 2 is 1.88 bits per heavy atom. The molecule has 4 rings (SSSR count). The first kappa shape index (κ1) is 23.9. The molecule has 0 saturated heterocycles. The van der Waals surface area contributed by atoms with Crippen LogP contribution in [0.25, 0.3) is 0 Å². The van der Waals surface area contributed by atoms with Crippen LogP contribution in [-0.2, 0) is 14.8 Å². The second kappa shape index (κ2) is 10.8. The molecule has 1 fully saturated rings. The van der Waals surface area contributed by atoms with Gasteiger partial charge in [-0.1, -0.05) is 31.4 Å². The van der Waals surface area contributed by atoms with E-state index < -0.39 is 10.0 Å². The van der Waals surface area contributed by atoms with Gasteiger partial charge in [0.2, 0.25) is 5.91 Å². The Bertz CT molecular complexity index is 1170. The molecule has 1 amide bonds. The first-order valence-corrected chi connectivity index (χ1v) is 13.2. The fourth-order valence-electron chi connectivity index (χ4n) is 4.20. The third kappa shape index (κ3) is 5.83. The molecule has 1 heterocycles. The van der Waals surface area contributed by atoms with Crippen LogP contribution < -0.4 is 10.1 Å². The fraction of sp³-hybridized carbons (Fsp3) is 0.400. The van der Waals surface area contributed by atoms with Gasteiger partial charge in [0.05, 0.1) is 19.4 Å². The highest BCUT2D eigenvalue weighted by Gasteiger charge is 2.32. The van der Waals surface area contributed by atoms with Gasteiger partial charge >= 0.3 is 0 Å². The summed E-state index contributed by atoms with van der Waals surface area (Å²) in [6, 6.07) is 14.3. The van der Waals surface area contributed by atoms with Gasteiger partial charge in [0.1, 0.15) is 10.6 Å². The number of carbonyl (C=O) groups is 1. The maximum atomic E-state index is 12.6. The maximum absolute atomic E-state index is 12.6. The molecule has 1 saturated carbocycles. The number of sulfonamides is 1. The topological polar surface area (TPSA) is 100 Å². The molecule has 2 aromatic rings.